The first-order valence-corrected chi connectivity index (χ1v) is 5.02. The third kappa shape index (κ3) is 3.63. The largest absolute Gasteiger partial charge is 0.573 e. The zero-order valence-electron chi connectivity index (χ0n) is 9.96. The summed E-state index contributed by atoms with van der Waals surface area (Å²) in [5.41, 5.74) is -1.55. The fourth-order valence-corrected chi connectivity index (χ4v) is 1.26. The number of aromatic nitrogens is 1. The SMILES string of the molecule is CCOC(=O)c1c[nH]c(=O)c(OC)c1OC(F)(F)F. The first-order chi connectivity index (χ1) is 8.80. The molecule has 0 amide bonds. The molecule has 0 aliphatic heterocycles. The van der Waals surface area contributed by atoms with Gasteiger partial charge < -0.3 is 19.2 Å². The van der Waals surface area contributed by atoms with E-state index >= 15 is 0 Å². The highest BCUT2D eigenvalue weighted by molar-refractivity contribution is 5.93. The molecule has 0 spiro atoms. The van der Waals surface area contributed by atoms with Crippen LogP contribution in [-0.2, 0) is 4.74 Å². The zero-order valence-corrected chi connectivity index (χ0v) is 9.96. The maximum Gasteiger partial charge on any atom is 0.573 e. The molecular weight excluding hydrogens is 271 g/mol. The molecule has 0 aromatic carbocycles. The molecule has 1 heterocycles. The van der Waals surface area contributed by atoms with Gasteiger partial charge in [0.1, 0.15) is 5.56 Å². The van der Waals surface area contributed by atoms with Gasteiger partial charge in [0.05, 0.1) is 13.7 Å². The van der Waals surface area contributed by atoms with Gasteiger partial charge in [0.25, 0.3) is 5.56 Å². The maximum absolute atomic E-state index is 12.3. The molecular formula is C10H10F3NO5. The van der Waals surface area contributed by atoms with Gasteiger partial charge in [-0.15, -0.1) is 13.2 Å². The van der Waals surface area contributed by atoms with Crippen molar-refractivity contribution in [2.75, 3.05) is 13.7 Å². The van der Waals surface area contributed by atoms with Crippen molar-refractivity contribution in [3.63, 3.8) is 0 Å². The van der Waals surface area contributed by atoms with Gasteiger partial charge in [-0.2, -0.15) is 0 Å². The number of esters is 1. The quantitative estimate of drug-likeness (QED) is 0.845. The summed E-state index contributed by atoms with van der Waals surface area (Å²) in [6, 6.07) is 0. The van der Waals surface area contributed by atoms with Crippen LogP contribution in [0.15, 0.2) is 11.0 Å². The van der Waals surface area contributed by atoms with E-state index in [0.29, 0.717) is 0 Å². The number of H-pyrrole nitrogens is 1. The minimum absolute atomic E-state index is 0.0499. The lowest BCUT2D eigenvalue weighted by Gasteiger charge is -2.14. The first-order valence-electron chi connectivity index (χ1n) is 5.02. The average Bonchev–Trinajstić information content (AvgIpc) is 2.27. The molecule has 0 saturated carbocycles. The second-order valence-corrected chi connectivity index (χ2v) is 3.16. The van der Waals surface area contributed by atoms with Crippen LogP contribution < -0.4 is 15.0 Å². The van der Waals surface area contributed by atoms with Crippen molar-refractivity contribution < 1.29 is 32.2 Å². The molecule has 0 atom stereocenters. The number of carbonyl (C=O) groups excluding carboxylic acids is 1. The molecule has 1 aromatic heterocycles. The molecule has 1 rings (SSSR count). The number of methoxy groups -OCH3 is 1. The number of hydrogen-bond acceptors (Lipinski definition) is 5. The van der Waals surface area contributed by atoms with E-state index in [1.807, 2.05) is 0 Å². The van der Waals surface area contributed by atoms with Crippen molar-refractivity contribution >= 4 is 5.97 Å². The Morgan fingerprint density at radius 1 is 1.37 bits per heavy atom. The summed E-state index contributed by atoms with van der Waals surface area (Å²) in [5.74, 6) is -2.86. The molecule has 0 unspecified atom stereocenters. The summed E-state index contributed by atoms with van der Waals surface area (Å²) < 4.78 is 49.6. The van der Waals surface area contributed by atoms with Gasteiger partial charge >= 0.3 is 12.3 Å². The van der Waals surface area contributed by atoms with Crippen LogP contribution in [0.4, 0.5) is 13.2 Å². The molecule has 0 aliphatic carbocycles. The molecule has 9 heteroatoms. The molecule has 0 aliphatic rings. The van der Waals surface area contributed by atoms with Crippen molar-refractivity contribution in [1.29, 1.82) is 0 Å². The van der Waals surface area contributed by atoms with Crippen LogP contribution in [-0.4, -0.2) is 31.0 Å². The lowest BCUT2D eigenvalue weighted by atomic mass is 10.2. The van der Waals surface area contributed by atoms with Crippen molar-refractivity contribution in [3.05, 3.63) is 22.1 Å². The van der Waals surface area contributed by atoms with Crippen molar-refractivity contribution in [1.82, 2.24) is 4.98 Å². The Hall–Kier alpha value is -2.19. The average molecular weight is 281 g/mol. The van der Waals surface area contributed by atoms with Gasteiger partial charge in [0.15, 0.2) is 5.75 Å². The van der Waals surface area contributed by atoms with E-state index in [9.17, 15) is 22.8 Å². The van der Waals surface area contributed by atoms with Crippen molar-refractivity contribution in [2.24, 2.45) is 0 Å². The number of hydrogen-bond donors (Lipinski definition) is 1. The lowest BCUT2D eigenvalue weighted by molar-refractivity contribution is -0.275. The van der Waals surface area contributed by atoms with Crippen LogP contribution in [0, 0.1) is 0 Å². The number of pyridine rings is 1. The molecule has 0 saturated heterocycles. The van der Waals surface area contributed by atoms with Crippen LogP contribution >= 0.6 is 0 Å². The van der Waals surface area contributed by atoms with Gasteiger partial charge in [-0.3, -0.25) is 4.79 Å². The summed E-state index contributed by atoms with van der Waals surface area (Å²) in [7, 11) is 0.975. The molecule has 19 heavy (non-hydrogen) atoms. The van der Waals surface area contributed by atoms with Gasteiger partial charge in [-0.1, -0.05) is 0 Å². The Morgan fingerprint density at radius 2 is 2.00 bits per heavy atom. The standard InChI is InChI=1S/C10H10F3NO5/c1-3-18-9(16)5-4-14-8(15)7(17-2)6(5)19-10(11,12)13/h4H,3H2,1-2H3,(H,14,15). The molecule has 0 bridgehead atoms. The van der Waals surface area contributed by atoms with Crippen LogP contribution in [0.1, 0.15) is 17.3 Å². The van der Waals surface area contributed by atoms with E-state index in [4.69, 9.17) is 0 Å². The van der Waals surface area contributed by atoms with E-state index in [0.717, 1.165) is 13.3 Å². The van der Waals surface area contributed by atoms with Crippen molar-refractivity contribution in [3.8, 4) is 11.5 Å². The van der Waals surface area contributed by atoms with Gasteiger partial charge in [-0.05, 0) is 6.92 Å². The highest BCUT2D eigenvalue weighted by Crippen LogP contribution is 2.32. The lowest BCUT2D eigenvalue weighted by Crippen LogP contribution is -2.23. The minimum atomic E-state index is -5.08. The smallest absolute Gasteiger partial charge is 0.488 e. The van der Waals surface area contributed by atoms with E-state index in [2.05, 4.69) is 19.2 Å². The fraction of sp³-hybridized carbons (Fsp3) is 0.400. The van der Waals surface area contributed by atoms with Crippen LogP contribution in [0.25, 0.3) is 0 Å². The number of rotatable bonds is 4. The van der Waals surface area contributed by atoms with Crippen LogP contribution in [0.2, 0.25) is 0 Å². The van der Waals surface area contributed by atoms with Crippen LogP contribution in [0.3, 0.4) is 0 Å². The minimum Gasteiger partial charge on any atom is -0.488 e. The maximum atomic E-state index is 12.3. The summed E-state index contributed by atoms with van der Waals surface area (Å²) in [6.07, 6.45) is -4.31. The third-order valence-corrected chi connectivity index (χ3v) is 1.92. The molecule has 6 nitrogen and oxygen atoms in total. The Bertz CT molecular complexity index is 523. The predicted octanol–water partition coefficient (Wildman–Crippen LogP) is 1.46. The second kappa shape index (κ2) is 5.63. The number of carbonyl (C=O) groups is 1. The topological polar surface area (TPSA) is 77.6 Å². The normalized spacial score (nSPS) is 11.0. The molecule has 0 fully saturated rings. The monoisotopic (exact) mass is 281 g/mol. The Kier molecular flexibility index (Phi) is 4.41. The summed E-state index contributed by atoms with van der Waals surface area (Å²) in [4.78, 5) is 24.8. The van der Waals surface area contributed by atoms with E-state index in [1.54, 1.807) is 0 Å². The van der Waals surface area contributed by atoms with Gasteiger partial charge in [-0.25, -0.2) is 4.79 Å². The zero-order chi connectivity index (χ0) is 14.6. The van der Waals surface area contributed by atoms with E-state index in [1.165, 1.54) is 6.92 Å². The van der Waals surface area contributed by atoms with Crippen LogP contribution in [0.5, 0.6) is 11.5 Å². The Balaban J connectivity index is 3.38. The number of nitrogens with one attached hydrogen (secondary N) is 1. The molecule has 106 valence electrons. The first kappa shape index (κ1) is 14.9. The summed E-state index contributed by atoms with van der Waals surface area (Å²) in [6.45, 7) is 1.43. The fourth-order valence-electron chi connectivity index (χ4n) is 1.26. The number of alkyl halides is 3. The Morgan fingerprint density at radius 3 is 2.47 bits per heavy atom. The molecule has 1 N–H and O–H groups in total. The van der Waals surface area contributed by atoms with E-state index in [-0.39, 0.29) is 6.61 Å². The summed E-state index contributed by atoms with van der Waals surface area (Å²) in [5, 5.41) is 0. The number of halogens is 3. The predicted molar refractivity (Wildman–Crippen MR) is 56.3 cm³/mol. The Labute approximate surface area is 105 Å². The highest BCUT2D eigenvalue weighted by Gasteiger charge is 2.36. The van der Waals surface area contributed by atoms with Crippen molar-refractivity contribution in [2.45, 2.75) is 13.3 Å². The number of ether oxygens (including phenoxy) is 3. The number of aromatic amines is 1. The third-order valence-electron chi connectivity index (χ3n) is 1.92. The second-order valence-electron chi connectivity index (χ2n) is 3.16. The summed E-state index contributed by atoms with van der Waals surface area (Å²) >= 11 is 0. The van der Waals surface area contributed by atoms with Gasteiger partial charge in [0.2, 0.25) is 5.75 Å². The highest BCUT2D eigenvalue weighted by atomic mass is 19.4. The molecule has 1 aromatic rings. The van der Waals surface area contributed by atoms with E-state index < -0.39 is 35.0 Å². The van der Waals surface area contributed by atoms with Gasteiger partial charge in [0, 0.05) is 6.20 Å². The molecule has 0 radical (unpaired) electrons.